The molecule has 0 amide bonds. The monoisotopic (exact) mass is 279 g/mol. The molecule has 0 fully saturated rings. The molecule has 0 aromatic carbocycles. The smallest absolute Gasteiger partial charge is 0.0971 e. The first-order valence-corrected chi connectivity index (χ1v) is 14.8. The van der Waals surface area contributed by atoms with Gasteiger partial charge in [0.05, 0.1) is 28.3 Å². The topological polar surface area (TPSA) is 3.24 Å². The van der Waals surface area contributed by atoms with Crippen molar-refractivity contribution in [3.05, 3.63) is 0 Å². The van der Waals surface area contributed by atoms with E-state index in [4.69, 9.17) is 0 Å². The molecule has 0 aromatic rings. The second-order valence-electron chi connectivity index (χ2n) is 4.27. The van der Waals surface area contributed by atoms with E-state index in [0.717, 1.165) is 0 Å². The molecular weight excluding hydrogens is 251 g/mol. The van der Waals surface area contributed by atoms with Gasteiger partial charge in [0.25, 0.3) is 0 Å². The summed E-state index contributed by atoms with van der Waals surface area (Å²) in [5.74, 6) is 0. The van der Waals surface area contributed by atoms with Crippen molar-refractivity contribution in [3.63, 3.8) is 0 Å². The van der Waals surface area contributed by atoms with Crippen LogP contribution >= 0.6 is 0 Å². The van der Waals surface area contributed by atoms with Crippen LogP contribution in [0.25, 0.3) is 0 Å². The molecule has 14 heavy (non-hydrogen) atoms. The summed E-state index contributed by atoms with van der Waals surface area (Å²) in [6, 6.07) is 3.24. The van der Waals surface area contributed by atoms with Crippen molar-refractivity contribution in [3.8, 4) is 0 Å². The third kappa shape index (κ3) is 6.51. The molecule has 0 rings (SSSR count). The van der Waals surface area contributed by atoms with Crippen LogP contribution in [0.1, 0.15) is 26.7 Å². The normalized spacial score (nSPS) is 13.7. The SMILES string of the molecule is CCC[SiH](CCC)N([SiH2]C[SiH3])[SiH2]C[SiH3]. The van der Waals surface area contributed by atoms with Crippen LogP contribution in [0.5, 0.6) is 0 Å². The molecule has 0 aliphatic rings. The Morgan fingerprint density at radius 2 is 1.43 bits per heavy atom. The molecule has 0 saturated heterocycles. The fraction of sp³-hybridized carbons (Fsp3) is 1.00. The summed E-state index contributed by atoms with van der Waals surface area (Å²) >= 11 is 0. The van der Waals surface area contributed by atoms with Gasteiger partial charge in [-0.05, 0) is 12.1 Å². The molecule has 0 aromatic heterocycles. The minimum absolute atomic E-state index is 0.277. The van der Waals surface area contributed by atoms with Gasteiger partial charge >= 0.3 is 0 Å². The van der Waals surface area contributed by atoms with Gasteiger partial charge in [-0.3, -0.25) is 0 Å². The summed E-state index contributed by atoms with van der Waals surface area (Å²) in [5, 5.41) is 0. The van der Waals surface area contributed by atoms with Crippen LogP contribution in [0.4, 0.5) is 0 Å². The largest absolute Gasteiger partial charge is 0.380 e. The number of rotatable bonds is 9. The zero-order chi connectivity index (χ0) is 10.8. The van der Waals surface area contributed by atoms with E-state index in [1.807, 2.05) is 0 Å². The van der Waals surface area contributed by atoms with E-state index in [0.29, 0.717) is 0 Å². The second-order valence-corrected chi connectivity index (χ2v) is 20.3. The van der Waals surface area contributed by atoms with E-state index in [9.17, 15) is 0 Å². The van der Waals surface area contributed by atoms with E-state index in [1.165, 1.54) is 33.3 Å². The average molecular weight is 280 g/mol. The summed E-state index contributed by atoms with van der Waals surface area (Å²) in [5.41, 5.74) is 3.32. The van der Waals surface area contributed by atoms with E-state index in [1.54, 1.807) is 23.4 Å². The molecule has 6 heteroatoms. The molecule has 0 N–H and O–H groups in total. The van der Waals surface area contributed by atoms with Crippen molar-refractivity contribution in [2.75, 3.05) is 0 Å². The van der Waals surface area contributed by atoms with E-state index in [2.05, 4.69) is 17.7 Å². The van der Waals surface area contributed by atoms with Gasteiger partial charge in [0.15, 0.2) is 0 Å². The zero-order valence-electron chi connectivity index (χ0n) is 10.7. The van der Waals surface area contributed by atoms with Gasteiger partial charge in [-0.1, -0.05) is 38.0 Å². The highest BCUT2D eigenvalue weighted by Gasteiger charge is 2.16. The molecule has 0 bridgehead atoms. The average Bonchev–Trinajstić information content (AvgIpc) is 2.17. The molecule has 0 aliphatic heterocycles. The fourth-order valence-electron chi connectivity index (χ4n) is 2.23. The Kier molecular flexibility index (Phi) is 11.3. The van der Waals surface area contributed by atoms with Crippen LogP contribution in [0.15, 0.2) is 0 Å². The maximum atomic E-state index is 3.19. The number of hydrogen-bond donors (Lipinski definition) is 0. The van der Waals surface area contributed by atoms with Crippen molar-refractivity contribution >= 4 is 48.8 Å². The predicted octanol–water partition coefficient (Wildman–Crippen LogP) is -1.52. The minimum Gasteiger partial charge on any atom is -0.380 e. The van der Waals surface area contributed by atoms with E-state index in [-0.39, 0.29) is 28.3 Å². The predicted molar refractivity (Wildman–Crippen MR) is 85.8 cm³/mol. The summed E-state index contributed by atoms with van der Waals surface area (Å²) in [4.78, 5) is 0. The van der Waals surface area contributed by atoms with Crippen LogP contribution in [0.3, 0.4) is 0 Å². The van der Waals surface area contributed by atoms with E-state index >= 15 is 0 Å². The maximum absolute atomic E-state index is 3.19. The van der Waals surface area contributed by atoms with Gasteiger partial charge < -0.3 is 3.90 Å². The number of nitrogens with zero attached hydrogens (tertiary/aromatic N) is 1. The van der Waals surface area contributed by atoms with Crippen LogP contribution in [-0.2, 0) is 0 Å². The van der Waals surface area contributed by atoms with Gasteiger partial charge in [-0.2, -0.15) is 0 Å². The molecule has 0 atom stereocenters. The minimum atomic E-state index is -0.383. The van der Waals surface area contributed by atoms with Gasteiger partial charge in [-0.25, -0.2) is 0 Å². The van der Waals surface area contributed by atoms with Crippen LogP contribution in [0.2, 0.25) is 23.4 Å². The Bertz CT molecular complexity index is 98.3. The maximum Gasteiger partial charge on any atom is 0.0971 e. The summed E-state index contributed by atoms with van der Waals surface area (Å²) in [7, 11) is 3.12. The van der Waals surface area contributed by atoms with Crippen molar-refractivity contribution in [2.45, 2.75) is 50.1 Å². The zero-order valence-corrected chi connectivity index (χ0v) is 18.7. The fourth-order valence-corrected chi connectivity index (χ4v) is 25.5. The molecular formula is C8H29NSi5. The van der Waals surface area contributed by atoms with Crippen molar-refractivity contribution in [2.24, 2.45) is 0 Å². The molecule has 0 aliphatic carbocycles. The quantitative estimate of drug-likeness (QED) is 0.464. The second kappa shape index (κ2) is 10.6. The lowest BCUT2D eigenvalue weighted by Crippen LogP contribution is -2.44. The molecule has 0 saturated carbocycles. The van der Waals surface area contributed by atoms with Gasteiger partial charge in [0.1, 0.15) is 0 Å². The lowest BCUT2D eigenvalue weighted by molar-refractivity contribution is 0.909. The Balaban J connectivity index is 4.06. The molecule has 0 heterocycles. The molecule has 0 unspecified atom stereocenters. The highest BCUT2D eigenvalue weighted by molar-refractivity contribution is 6.77. The Morgan fingerprint density at radius 1 is 1.00 bits per heavy atom. The van der Waals surface area contributed by atoms with Gasteiger partial charge in [-0.15, -0.1) is 0 Å². The van der Waals surface area contributed by atoms with Crippen LogP contribution < -0.4 is 0 Å². The van der Waals surface area contributed by atoms with Gasteiger partial charge in [0.2, 0.25) is 0 Å². The van der Waals surface area contributed by atoms with Crippen LogP contribution in [-0.4, -0.2) is 52.7 Å². The standard InChI is InChI=1S/C8H29NSi5/c1-3-5-14(6-4-2)9(12-7-10)13-8-11/h14H,3-8,12-13H2,1-2,10-11H3. The molecule has 0 spiro atoms. The lowest BCUT2D eigenvalue weighted by atomic mass is 10.6. The summed E-state index contributed by atoms with van der Waals surface area (Å²) < 4.78 is 3.19. The van der Waals surface area contributed by atoms with Crippen molar-refractivity contribution < 1.29 is 0 Å². The first-order valence-electron chi connectivity index (χ1n) is 6.54. The Hall–Kier alpha value is 1.04. The Morgan fingerprint density at radius 3 is 1.71 bits per heavy atom. The molecule has 0 radical (unpaired) electrons. The lowest BCUT2D eigenvalue weighted by Gasteiger charge is -2.30. The summed E-state index contributed by atoms with van der Waals surface area (Å²) in [6.45, 7) is 4.77. The highest BCUT2D eigenvalue weighted by atomic mass is 28.4. The van der Waals surface area contributed by atoms with Gasteiger partial charge in [0, 0.05) is 20.5 Å². The summed E-state index contributed by atoms with van der Waals surface area (Å²) in [6.07, 6.45) is 2.91. The van der Waals surface area contributed by atoms with E-state index < -0.39 is 0 Å². The first-order chi connectivity index (χ1) is 6.79. The third-order valence-electron chi connectivity index (χ3n) is 2.78. The molecule has 86 valence electrons. The van der Waals surface area contributed by atoms with Crippen molar-refractivity contribution in [1.29, 1.82) is 0 Å². The highest BCUT2D eigenvalue weighted by Crippen LogP contribution is 2.10. The third-order valence-corrected chi connectivity index (χ3v) is 17.6. The number of hydrogen-bond acceptors (Lipinski definition) is 1. The van der Waals surface area contributed by atoms with Crippen LogP contribution in [0, 0.1) is 0 Å². The Labute approximate surface area is 103 Å². The van der Waals surface area contributed by atoms with Crippen molar-refractivity contribution in [1.82, 2.24) is 3.90 Å². The molecule has 1 nitrogen and oxygen atoms in total. The first kappa shape index (κ1) is 15.0.